The molecule has 2 unspecified atom stereocenters. The van der Waals surface area contributed by atoms with E-state index < -0.39 is 29.0 Å². The third-order valence-electron chi connectivity index (χ3n) is 7.69. The molecule has 0 aliphatic carbocycles. The Morgan fingerprint density at radius 2 is 1.71 bits per heavy atom. The Morgan fingerprint density at radius 1 is 1.05 bits per heavy atom. The highest BCUT2D eigenvalue weighted by Crippen LogP contribution is 2.36. The second kappa shape index (κ2) is 14.4. The summed E-state index contributed by atoms with van der Waals surface area (Å²) in [6.07, 6.45) is -2.72. The van der Waals surface area contributed by atoms with Gasteiger partial charge in [-0.2, -0.15) is 13.2 Å². The third-order valence-corrected chi connectivity index (χ3v) is 9.01. The molecule has 1 aliphatic heterocycles. The molecule has 0 radical (unpaired) electrons. The smallest absolute Gasteiger partial charge is 0.416 e. The number of carbonyl (C=O) groups excluding carboxylic acids is 1. The Kier molecular flexibility index (Phi) is 10.9. The SMILES string of the molecule is CCOC[C@@H]1CCC(c2ccc(C(F)(F)F)cc2)CN1c1ccc(C(=O)N[C@@H](CO)c2ccc([S+]([O-])CC)cc2)cc1. The van der Waals surface area contributed by atoms with E-state index in [1.165, 1.54) is 0 Å². The fourth-order valence-corrected chi connectivity index (χ4v) is 6.06. The summed E-state index contributed by atoms with van der Waals surface area (Å²) in [5.74, 6) is 0.225. The molecule has 226 valence electrons. The van der Waals surface area contributed by atoms with Crippen LogP contribution in [0.15, 0.2) is 77.7 Å². The Morgan fingerprint density at radius 3 is 2.29 bits per heavy atom. The summed E-state index contributed by atoms with van der Waals surface area (Å²) in [5, 5.41) is 12.8. The molecular weight excluding hydrogens is 565 g/mol. The third kappa shape index (κ3) is 7.86. The molecule has 0 saturated carbocycles. The molecule has 4 atom stereocenters. The number of nitrogens with zero attached hydrogens (tertiary/aromatic N) is 1. The van der Waals surface area contributed by atoms with Crippen LogP contribution < -0.4 is 10.2 Å². The van der Waals surface area contributed by atoms with Gasteiger partial charge in [0.1, 0.15) is 5.75 Å². The van der Waals surface area contributed by atoms with Crippen molar-refractivity contribution >= 4 is 22.8 Å². The Bertz CT molecular complexity index is 1290. The van der Waals surface area contributed by atoms with E-state index >= 15 is 0 Å². The first kappa shape index (κ1) is 31.9. The van der Waals surface area contributed by atoms with Crippen molar-refractivity contribution in [1.82, 2.24) is 5.32 Å². The maximum atomic E-state index is 13.1. The summed E-state index contributed by atoms with van der Waals surface area (Å²) in [6.45, 7) is 5.20. The number of carbonyl (C=O) groups is 1. The number of piperidine rings is 1. The predicted molar refractivity (Wildman–Crippen MR) is 158 cm³/mol. The summed E-state index contributed by atoms with van der Waals surface area (Å²) >= 11 is -1.08. The molecule has 10 heteroatoms. The first-order valence-corrected chi connectivity index (χ1v) is 15.5. The number of hydrogen-bond donors (Lipinski definition) is 2. The van der Waals surface area contributed by atoms with Crippen molar-refractivity contribution < 1.29 is 32.4 Å². The molecule has 1 saturated heterocycles. The zero-order chi connectivity index (χ0) is 30.3. The number of hydrogen-bond acceptors (Lipinski definition) is 5. The number of ether oxygens (including phenoxy) is 1. The highest BCUT2D eigenvalue weighted by atomic mass is 32.2. The van der Waals surface area contributed by atoms with Crippen LogP contribution in [-0.2, 0) is 22.1 Å². The molecule has 1 fully saturated rings. The van der Waals surface area contributed by atoms with Gasteiger partial charge in [-0.25, -0.2) is 0 Å². The average molecular weight is 603 g/mol. The largest absolute Gasteiger partial charge is 0.611 e. The van der Waals surface area contributed by atoms with Gasteiger partial charge in [0.25, 0.3) is 5.91 Å². The zero-order valence-corrected chi connectivity index (χ0v) is 24.6. The van der Waals surface area contributed by atoms with Crippen molar-refractivity contribution in [3.05, 3.63) is 95.1 Å². The lowest BCUT2D eigenvalue weighted by molar-refractivity contribution is -0.137. The van der Waals surface area contributed by atoms with Crippen molar-refractivity contribution in [1.29, 1.82) is 0 Å². The maximum absolute atomic E-state index is 13.1. The summed E-state index contributed by atoms with van der Waals surface area (Å²) < 4.78 is 56.9. The second-order valence-electron chi connectivity index (χ2n) is 10.3. The molecule has 0 spiro atoms. The van der Waals surface area contributed by atoms with Gasteiger partial charge in [0.2, 0.25) is 0 Å². The molecule has 1 amide bonds. The minimum atomic E-state index is -4.37. The van der Waals surface area contributed by atoms with Crippen molar-refractivity contribution in [2.24, 2.45) is 0 Å². The molecule has 6 nitrogen and oxygen atoms in total. The van der Waals surface area contributed by atoms with Gasteiger partial charge in [0, 0.05) is 30.3 Å². The molecule has 4 rings (SSSR count). The van der Waals surface area contributed by atoms with E-state index in [1.807, 2.05) is 26.0 Å². The van der Waals surface area contributed by atoms with Crippen molar-refractivity contribution in [2.45, 2.75) is 55.8 Å². The van der Waals surface area contributed by atoms with Crippen LogP contribution in [0.4, 0.5) is 18.9 Å². The highest BCUT2D eigenvalue weighted by molar-refractivity contribution is 7.91. The predicted octanol–water partition coefficient (Wildman–Crippen LogP) is 6.09. The number of anilines is 1. The van der Waals surface area contributed by atoms with E-state index in [1.54, 1.807) is 48.5 Å². The van der Waals surface area contributed by atoms with Crippen molar-refractivity contribution in [2.75, 3.05) is 37.0 Å². The van der Waals surface area contributed by atoms with Crippen LogP contribution in [0.2, 0.25) is 0 Å². The van der Waals surface area contributed by atoms with E-state index in [4.69, 9.17) is 4.74 Å². The molecule has 3 aromatic rings. The monoisotopic (exact) mass is 602 g/mol. The van der Waals surface area contributed by atoms with Crippen LogP contribution in [0.3, 0.4) is 0 Å². The minimum absolute atomic E-state index is 0.0552. The Labute approximate surface area is 248 Å². The van der Waals surface area contributed by atoms with E-state index in [2.05, 4.69) is 10.2 Å². The number of amides is 1. The highest BCUT2D eigenvalue weighted by Gasteiger charge is 2.32. The van der Waals surface area contributed by atoms with Gasteiger partial charge in [0.05, 0.1) is 30.9 Å². The fourth-order valence-electron chi connectivity index (χ4n) is 5.29. The van der Waals surface area contributed by atoms with Crippen LogP contribution in [0.25, 0.3) is 0 Å². The van der Waals surface area contributed by atoms with Gasteiger partial charge in [-0.15, -0.1) is 0 Å². The first-order chi connectivity index (χ1) is 20.1. The number of alkyl halides is 3. The number of halogens is 3. The van der Waals surface area contributed by atoms with Crippen LogP contribution >= 0.6 is 0 Å². The van der Waals surface area contributed by atoms with Crippen LogP contribution in [0.1, 0.15) is 65.7 Å². The fraction of sp³-hybridized carbons (Fsp3) is 0.406. The van der Waals surface area contributed by atoms with Gasteiger partial charge in [0.15, 0.2) is 4.90 Å². The number of aliphatic hydroxyl groups is 1. The lowest BCUT2D eigenvalue weighted by Crippen LogP contribution is -2.45. The van der Waals surface area contributed by atoms with Crippen molar-refractivity contribution in [3.63, 3.8) is 0 Å². The summed E-state index contributed by atoms with van der Waals surface area (Å²) in [4.78, 5) is 16.0. The number of rotatable bonds is 11. The molecule has 1 heterocycles. The molecule has 0 bridgehead atoms. The molecule has 0 aromatic heterocycles. The molecule has 42 heavy (non-hydrogen) atoms. The zero-order valence-electron chi connectivity index (χ0n) is 23.8. The lowest BCUT2D eigenvalue weighted by Gasteiger charge is -2.41. The summed E-state index contributed by atoms with van der Waals surface area (Å²) in [6, 6.07) is 19.1. The normalized spacial score (nSPS) is 18.9. The van der Waals surface area contributed by atoms with E-state index in [0.717, 1.165) is 36.2 Å². The van der Waals surface area contributed by atoms with Crippen LogP contribution in [0.5, 0.6) is 0 Å². The van der Waals surface area contributed by atoms with E-state index in [0.29, 0.717) is 41.5 Å². The minimum Gasteiger partial charge on any atom is -0.611 e. The summed E-state index contributed by atoms with van der Waals surface area (Å²) in [7, 11) is 0. The van der Waals surface area contributed by atoms with Gasteiger partial charge < -0.3 is 24.6 Å². The summed E-state index contributed by atoms with van der Waals surface area (Å²) in [5.41, 5.74) is 2.24. The number of benzene rings is 3. The average Bonchev–Trinajstić information content (AvgIpc) is 3.02. The molecule has 3 aromatic carbocycles. The van der Waals surface area contributed by atoms with Gasteiger partial charge in [-0.05, 0) is 97.5 Å². The quantitative estimate of drug-likeness (QED) is 0.260. The number of nitrogens with one attached hydrogen (secondary N) is 1. The lowest BCUT2D eigenvalue weighted by atomic mass is 9.86. The molecule has 2 N–H and O–H groups in total. The van der Waals surface area contributed by atoms with E-state index in [-0.39, 0.29) is 24.5 Å². The van der Waals surface area contributed by atoms with E-state index in [9.17, 15) is 27.6 Å². The molecular formula is C32H37F3N2O4S. The Balaban J connectivity index is 1.47. The second-order valence-corrected chi connectivity index (χ2v) is 12.1. The van der Waals surface area contributed by atoms with Gasteiger partial charge in [-0.3, -0.25) is 4.79 Å². The van der Waals surface area contributed by atoms with Crippen LogP contribution in [-0.4, -0.2) is 53.7 Å². The molecule has 1 aliphatic rings. The van der Waals surface area contributed by atoms with Crippen molar-refractivity contribution in [3.8, 4) is 0 Å². The van der Waals surface area contributed by atoms with Gasteiger partial charge in [-0.1, -0.05) is 24.3 Å². The standard InChI is InChI=1S/C32H37F3N2O4S/c1-3-41-21-28-16-9-25(22-5-12-26(13-6-22)32(33,34)35)19-37(28)27-14-7-24(8-15-27)31(39)36-30(20-38)23-10-17-29(18-11-23)42(40)4-2/h5-8,10-15,17-18,25,28,30,38H,3-4,9,16,19-21H2,1-2H3,(H,36,39)/t25?,28-,30-,42?/m0/s1. The number of aliphatic hydroxyl groups excluding tert-OH is 1. The van der Waals surface area contributed by atoms with Gasteiger partial charge >= 0.3 is 6.18 Å². The van der Waals surface area contributed by atoms with Crippen LogP contribution in [0, 0.1) is 0 Å². The Hall–Kier alpha value is -3.05. The topological polar surface area (TPSA) is 84.9 Å². The first-order valence-electron chi connectivity index (χ1n) is 14.2. The maximum Gasteiger partial charge on any atom is 0.416 e.